The molecule has 1 N–H and O–H groups in total. The summed E-state index contributed by atoms with van der Waals surface area (Å²) in [4.78, 5) is 27.6. The van der Waals surface area contributed by atoms with Gasteiger partial charge in [-0.05, 0) is 12.0 Å². The van der Waals surface area contributed by atoms with Gasteiger partial charge in [0.2, 0.25) is 0 Å². The molecule has 0 aliphatic rings. The van der Waals surface area contributed by atoms with E-state index in [9.17, 15) is 9.59 Å². The summed E-state index contributed by atoms with van der Waals surface area (Å²) < 4.78 is 9.70. The third-order valence-corrected chi connectivity index (χ3v) is 3.42. The summed E-state index contributed by atoms with van der Waals surface area (Å²) in [6.07, 6.45) is 1.47. The first kappa shape index (κ1) is 15.8. The molecule has 0 saturated heterocycles. The summed E-state index contributed by atoms with van der Waals surface area (Å²) in [5.74, 6) is -1.10. The van der Waals surface area contributed by atoms with Crippen molar-refractivity contribution in [2.45, 2.75) is 19.8 Å². The SMILES string of the molecule is CCCc1[nH]c(-c2ccccc2)c(C(=O)OC)c1C(=O)OC. The molecule has 0 radical (unpaired) electrons. The highest BCUT2D eigenvalue weighted by molar-refractivity contribution is 6.08. The fraction of sp³-hybridized carbons (Fsp3) is 0.294. The molecule has 0 unspecified atom stereocenters. The lowest BCUT2D eigenvalue weighted by molar-refractivity contribution is 0.0556. The van der Waals surface area contributed by atoms with E-state index in [1.54, 1.807) is 0 Å². The molecule has 0 atom stereocenters. The van der Waals surface area contributed by atoms with Crippen LogP contribution in [0.15, 0.2) is 30.3 Å². The van der Waals surface area contributed by atoms with Gasteiger partial charge < -0.3 is 14.5 Å². The van der Waals surface area contributed by atoms with Gasteiger partial charge in [-0.2, -0.15) is 0 Å². The Morgan fingerprint density at radius 2 is 1.59 bits per heavy atom. The van der Waals surface area contributed by atoms with Crippen molar-refractivity contribution < 1.29 is 19.1 Å². The molecule has 0 bridgehead atoms. The molecule has 1 aromatic carbocycles. The van der Waals surface area contributed by atoms with E-state index in [-0.39, 0.29) is 11.1 Å². The lowest BCUT2D eigenvalue weighted by Gasteiger charge is -2.05. The minimum Gasteiger partial charge on any atom is -0.465 e. The van der Waals surface area contributed by atoms with Crippen molar-refractivity contribution in [1.29, 1.82) is 0 Å². The maximum atomic E-state index is 12.2. The third kappa shape index (κ3) is 2.88. The number of aromatic nitrogens is 1. The van der Waals surface area contributed by atoms with Crippen molar-refractivity contribution in [3.63, 3.8) is 0 Å². The Hall–Kier alpha value is -2.56. The molecular weight excluding hydrogens is 282 g/mol. The van der Waals surface area contributed by atoms with Crippen LogP contribution in [0, 0.1) is 0 Å². The van der Waals surface area contributed by atoms with Gasteiger partial charge in [0, 0.05) is 5.69 Å². The van der Waals surface area contributed by atoms with Crippen molar-refractivity contribution in [3.8, 4) is 11.3 Å². The molecule has 5 heteroatoms. The summed E-state index contributed by atoms with van der Waals surface area (Å²) in [6, 6.07) is 9.37. The minimum atomic E-state index is -0.558. The molecule has 2 rings (SSSR count). The van der Waals surface area contributed by atoms with Gasteiger partial charge in [-0.3, -0.25) is 0 Å². The zero-order chi connectivity index (χ0) is 16.1. The molecule has 0 saturated carbocycles. The van der Waals surface area contributed by atoms with E-state index in [1.807, 2.05) is 37.3 Å². The Labute approximate surface area is 129 Å². The molecule has 0 spiro atoms. The second-order valence-electron chi connectivity index (χ2n) is 4.83. The number of ether oxygens (including phenoxy) is 2. The molecule has 0 amide bonds. The highest BCUT2D eigenvalue weighted by Crippen LogP contribution is 2.30. The van der Waals surface area contributed by atoms with Gasteiger partial charge in [0.05, 0.1) is 31.0 Å². The lowest BCUT2D eigenvalue weighted by Crippen LogP contribution is -2.12. The van der Waals surface area contributed by atoms with Gasteiger partial charge in [0.25, 0.3) is 0 Å². The van der Waals surface area contributed by atoms with Crippen molar-refractivity contribution >= 4 is 11.9 Å². The monoisotopic (exact) mass is 301 g/mol. The summed E-state index contributed by atoms with van der Waals surface area (Å²) in [5.41, 5.74) is 2.57. The zero-order valence-corrected chi connectivity index (χ0v) is 12.9. The van der Waals surface area contributed by atoms with Gasteiger partial charge in [0.15, 0.2) is 0 Å². The van der Waals surface area contributed by atoms with Gasteiger partial charge in [0.1, 0.15) is 0 Å². The molecule has 116 valence electrons. The molecule has 22 heavy (non-hydrogen) atoms. The molecule has 2 aromatic rings. The average molecular weight is 301 g/mol. The first-order valence-electron chi connectivity index (χ1n) is 7.10. The van der Waals surface area contributed by atoms with E-state index in [4.69, 9.17) is 9.47 Å². The van der Waals surface area contributed by atoms with Crippen molar-refractivity contribution in [2.24, 2.45) is 0 Å². The Morgan fingerprint density at radius 3 is 2.14 bits per heavy atom. The molecule has 1 aromatic heterocycles. The van der Waals surface area contributed by atoms with Gasteiger partial charge in [-0.15, -0.1) is 0 Å². The van der Waals surface area contributed by atoms with E-state index >= 15 is 0 Å². The molecule has 0 aliphatic carbocycles. The second kappa shape index (κ2) is 6.93. The van der Waals surface area contributed by atoms with Gasteiger partial charge in [-0.25, -0.2) is 9.59 Å². The van der Waals surface area contributed by atoms with Crippen LogP contribution in [0.5, 0.6) is 0 Å². The van der Waals surface area contributed by atoms with Crippen LogP contribution in [0.4, 0.5) is 0 Å². The molecule has 0 aliphatic heterocycles. The lowest BCUT2D eigenvalue weighted by atomic mass is 10.0. The summed E-state index contributed by atoms with van der Waals surface area (Å²) in [7, 11) is 2.60. The van der Waals surface area contributed by atoms with Crippen LogP contribution < -0.4 is 0 Å². The fourth-order valence-electron chi connectivity index (χ4n) is 2.44. The van der Waals surface area contributed by atoms with Crippen LogP contribution in [0.25, 0.3) is 11.3 Å². The summed E-state index contributed by atoms with van der Waals surface area (Å²) in [5, 5.41) is 0. The first-order chi connectivity index (χ1) is 10.6. The number of aromatic amines is 1. The summed E-state index contributed by atoms with van der Waals surface area (Å²) in [6.45, 7) is 2.00. The number of carbonyl (C=O) groups excluding carboxylic acids is 2. The first-order valence-corrected chi connectivity index (χ1v) is 7.10. The standard InChI is InChI=1S/C17H19NO4/c1-4-8-12-13(16(19)21-2)14(17(20)22-3)15(18-12)11-9-6-5-7-10-11/h5-7,9-10,18H,4,8H2,1-3H3. The van der Waals surface area contributed by atoms with Crippen molar-refractivity contribution in [2.75, 3.05) is 14.2 Å². The Balaban J connectivity index is 2.72. The van der Waals surface area contributed by atoms with Gasteiger partial charge >= 0.3 is 11.9 Å². The number of hydrogen-bond donors (Lipinski definition) is 1. The number of aryl methyl sites for hydroxylation is 1. The molecule has 5 nitrogen and oxygen atoms in total. The van der Waals surface area contributed by atoms with Crippen LogP contribution in [-0.4, -0.2) is 31.1 Å². The van der Waals surface area contributed by atoms with E-state index in [2.05, 4.69) is 4.98 Å². The second-order valence-corrected chi connectivity index (χ2v) is 4.83. The van der Waals surface area contributed by atoms with Crippen molar-refractivity contribution in [3.05, 3.63) is 47.2 Å². The third-order valence-electron chi connectivity index (χ3n) is 3.42. The zero-order valence-electron chi connectivity index (χ0n) is 12.9. The van der Waals surface area contributed by atoms with E-state index in [0.717, 1.165) is 12.0 Å². The van der Waals surface area contributed by atoms with Crippen LogP contribution in [-0.2, 0) is 15.9 Å². The molecule has 1 heterocycles. The predicted octanol–water partition coefficient (Wildman–Crippen LogP) is 3.21. The largest absolute Gasteiger partial charge is 0.465 e. The Kier molecular flexibility index (Phi) is 4.99. The Bertz CT molecular complexity index is 673. The molecule has 0 fully saturated rings. The van der Waals surface area contributed by atoms with Gasteiger partial charge in [-0.1, -0.05) is 43.7 Å². The number of methoxy groups -OCH3 is 2. The molecular formula is C17H19NO4. The smallest absolute Gasteiger partial charge is 0.340 e. The number of benzene rings is 1. The fourth-order valence-corrected chi connectivity index (χ4v) is 2.44. The number of esters is 2. The van der Waals surface area contributed by atoms with Crippen LogP contribution in [0.2, 0.25) is 0 Å². The topological polar surface area (TPSA) is 68.4 Å². The highest BCUT2D eigenvalue weighted by atomic mass is 16.5. The quantitative estimate of drug-likeness (QED) is 0.861. The average Bonchev–Trinajstić information content (AvgIpc) is 2.94. The Morgan fingerprint density at radius 1 is 1.00 bits per heavy atom. The van der Waals surface area contributed by atoms with Crippen LogP contribution in [0.3, 0.4) is 0 Å². The number of hydrogen-bond acceptors (Lipinski definition) is 4. The highest BCUT2D eigenvalue weighted by Gasteiger charge is 2.29. The summed E-state index contributed by atoms with van der Waals surface area (Å²) >= 11 is 0. The van der Waals surface area contributed by atoms with E-state index < -0.39 is 11.9 Å². The number of rotatable bonds is 5. The van der Waals surface area contributed by atoms with Crippen LogP contribution >= 0.6 is 0 Å². The van der Waals surface area contributed by atoms with Crippen molar-refractivity contribution in [1.82, 2.24) is 4.98 Å². The maximum absolute atomic E-state index is 12.2. The van der Waals surface area contributed by atoms with E-state index in [0.29, 0.717) is 17.8 Å². The number of H-pyrrole nitrogens is 1. The van der Waals surface area contributed by atoms with E-state index in [1.165, 1.54) is 14.2 Å². The maximum Gasteiger partial charge on any atom is 0.340 e. The number of nitrogens with one attached hydrogen (secondary N) is 1. The normalized spacial score (nSPS) is 10.3. The van der Waals surface area contributed by atoms with Crippen LogP contribution in [0.1, 0.15) is 39.8 Å². The minimum absolute atomic E-state index is 0.226. The predicted molar refractivity (Wildman–Crippen MR) is 82.9 cm³/mol. The number of carbonyl (C=O) groups is 2.